The van der Waals surface area contributed by atoms with Crippen molar-refractivity contribution in [3.05, 3.63) is 76.0 Å². The molecule has 0 atom stereocenters. The van der Waals surface area contributed by atoms with E-state index in [-0.39, 0.29) is 5.91 Å². The minimum atomic E-state index is -0.162. The molecule has 3 aromatic rings. The minimum absolute atomic E-state index is 0.162. The lowest BCUT2D eigenvalue weighted by Gasteiger charge is -2.18. The second-order valence-electron chi connectivity index (χ2n) is 5.74. The molecule has 1 amide bonds. The van der Waals surface area contributed by atoms with E-state index in [1.807, 2.05) is 18.2 Å². The Morgan fingerprint density at radius 2 is 2.00 bits per heavy atom. The van der Waals surface area contributed by atoms with E-state index in [0.717, 1.165) is 5.56 Å². The summed E-state index contributed by atoms with van der Waals surface area (Å²) in [4.78, 5) is 14.3. The monoisotopic (exact) mass is 389 g/mol. The van der Waals surface area contributed by atoms with E-state index in [9.17, 15) is 4.79 Å². The summed E-state index contributed by atoms with van der Waals surface area (Å²) in [6, 6.07) is 12.6. The normalized spacial score (nSPS) is 10.6. The zero-order valence-electron chi connectivity index (χ0n) is 14.3. The SMILES string of the molecule is COc1ccc(Cl)cc1CN(C)C(=O)c1cnn(-c2ccccc2Cl)c1. The summed E-state index contributed by atoms with van der Waals surface area (Å²) >= 11 is 12.2. The van der Waals surface area contributed by atoms with Gasteiger partial charge in [-0.25, -0.2) is 4.68 Å². The van der Waals surface area contributed by atoms with Crippen molar-refractivity contribution in [1.82, 2.24) is 14.7 Å². The number of amides is 1. The van der Waals surface area contributed by atoms with Gasteiger partial charge in [-0.2, -0.15) is 5.10 Å². The van der Waals surface area contributed by atoms with Crippen LogP contribution >= 0.6 is 23.2 Å². The number of hydrogen-bond acceptors (Lipinski definition) is 3. The van der Waals surface area contributed by atoms with Crippen LogP contribution in [-0.2, 0) is 6.54 Å². The van der Waals surface area contributed by atoms with Gasteiger partial charge in [0.05, 0.1) is 29.6 Å². The van der Waals surface area contributed by atoms with Gasteiger partial charge in [0.2, 0.25) is 0 Å². The van der Waals surface area contributed by atoms with Crippen LogP contribution in [0.4, 0.5) is 0 Å². The number of aromatic nitrogens is 2. The van der Waals surface area contributed by atoms with Gasteiger partial charge in [-0.1, -0.05) is 35.3 Å². The maximum Gasteiger partial charge on any atom is 0.257 e. The van der Waals surface area contributed by atoms with Crippen molar-refractivity contribution in [3.63, 3.8) is 0 Å². The Bertz CT molecular complexity index is 940. The number of carbonyl (C=O) groups is 1. The van der Waals surface area contributed by atoms with Crippen LogP contribution in [0.25, 0.3) is 5.69 Å². The van der Waals surface area contributed by atoms with Crippen molar-refractivity contribution in [2.75, 3.05) is 14.2 Å². The average Bonchev–Trinajstić information content (AvgIpc) is 3.11. The largest absolute Gasteiger partial charge is 0.496 e. The summed E-state index contributed by atoms with van der Waals surface area (Å²) in [6.07, 6.45) is 3.19. The van der Waals surface area contributed by atoms with Crippen molar-refractivity contribution in [3.8, 4) is 11.4 Å². The third-order valence-corrected chi connectivity index (χ3v) is 4.48. The van der Waals surface area contributed by atoms with Crippen LogP contribution in [0.1, 0.15) is 15.9 Å². The Morgan fingerprint density at radius 1 is 1.23 bits per heavy atom. The number of methoxy groups -OCH3 is 1. The Hall–Kier alpha value is -2.50. The van der Waals surface area contributed by atoms with E-state index in [1.54, 1.807) is 54.2 Å². The van der Waals surface area contributed by atoms with Crippen LogP contribution in [0, 0.1) is 0 Å². The average molecular weight is 390 g/mol. The van der Waals surface area contributed by atoms with Gasteiger partial charge in [0.1, 0.15) is 5.75 Å². The van der Waals surface area contributed by atoms with Gasteiger partial charge in [0.25, 0.3) is 5.91 Å². The summed E-state index contributed by atoms with van der Waals surface area (Å²) in [7, 11) is 3.30. The number of halogens is 2. The van der Waals surface area contributed by atoms with Gasteiger partial charge in [-0.3, -0.25) is 4.79 Å². The third kappa shape index (κ3) is 3.84. The number of benzene rings is 2. The quantitative estimate of drug-likeness (QED) is 0.646. The highest BCUT2D eigenvalue weighted by Gasteiger charge is 2.17. The summed E-state index contributed by atoms with van der Waals surface area (Å²) in [5.41, 5.74) is 2.01. The molecule has 3 rings (SSSR count). The molecule has 0 unspecified atom stereocenters. The fourth-order valence-corrected chi connectivity index (χ4v) is 3.04. The maximum absolute atomic E-state index is 12.7. The van der Waals surface area contributed by atoms with E-state index >= 15 is 0 Å². The lowest BCUT2D eigenvalue weighted by molar-refractivity contribution is 0.0784. The van der Waals surface area contributed by atoms with Gasteiger partial charge in [-0.15, -0.1) is 0 Å². The number of ether oxygens (including phenoxy) is 1. The lowest BCUT2D eigenvalue weighted by atomic mass is 10.2. The Morgan fingerprint density at radius 3 is 2.73 bits per heavy atom. The standard InChI is InChI=1S/C19H17Cl2N3O2/c1-23(11-13-9-15(20)7-8-18(13)26-2)19(25)14-10-22-24(12-14)17-6-4-3-5-16(17)21/h3-10,12H,11H2,1-2H3. The van der Waals surface area contributed by atoms with E-state index in [0.29, 0.717) is 33.6 Å². The van der Waals surface area contributed by atoms with Crippen molar-refractivity contribution in [2.45, 2.75) is 6.54 Å². The zero-order valence-corrected chi connectivity index (χ0v) is 15.8. The summed E-state index contributed by atoms with van der Waals surface area (Å²) in [6.45, 7) is 0.361. The predicted octanol–water partition coefficient (Wildman–Crippen LogP) is 4.46. The minimum Gasteiger partial charge on any atom is -0.496 e. The Balaban J connectivity index is 1.80. The van der Waals surface area contributed by atoms with Crippen molar-refractivity contribution >= 4 is 29.1 Å². The van der Waals surface area contributed by atoms with E-state index < -0.39 is 0 Å². The summed E-state index contributed by atoms with van der Waals surface area (Å²) in [5, 5.41) is 5.40. The van der Waals surface area contributed by atoms with Crippen LogP contribution in [0.5, 0.6) is 5.75 Å². The zero-order chi connectivity index (χ0) is 18.7. The number of carbonyl (C=O) groups excluding carboxylic acids is 1. The summed E-state index contributed by atoms with van der Waals surface area (Å²) < 4.78 is 6.92. The summed E-state index contributed by atoms with van der Waals surface area (Å²) in [5.74, 6) is 0.520. The van der Waals surface area contributed by atoms with Crippen molar-refractivity contribution in [2.24, 2.45) is 0 Å². The molecule has 0 saturated heterocycles. The molecule has 5 nitrogen and oxygen atoms in total. The fourth-order valence-electron chi connectivity index (χ4n) is 2.62. The molecule has 0 aliphatic rings. The molecule has 0 spiro atoms. The molecule has 0 radical (unpaired) electrons. The number of nitrogens with zero attached hydrogens (tertiary/aromatic N) is 3. The van der Waals surface area contributed by atoms with Crippen LogP contribution in [-0.4, -0.2) is 34.7 Å². The first-order chi connectivity index (χ1) is 12.5. The van der Waals surface area contributed by atoms with E-state index in [2.05, 4.69) is 5.10 Å². The molecule has 0 aliphatic heterocycles. The predicted molar refractivity (Wildman–Crippen MR) is 102 cm³/mol. The molecule has 2 aromatic carbocycles. The molecule has 0 bridgehead atoms. The molecular weight excluding hydrogens is 373 g/mol. The topological polar surface area (TPSA) is 47.4 Å². The molecule has 0 saturated carbocycles. The van der Waals surface area contributed by atoms with Crippen LogP contribution in [0.15, 0.2) is 54.9 Å². The molecular formula is C19H17Cl2N3O2. The molecule has 1 aromatic heterocycles. The highest BCUT2D eigenvalue weighted by Crippen LogP contribution is 2.24. The van der Waals surface area contributed by atoms with Crippen LogP contribution in [0.2, 0.25) is 10.0 Å². The second-order valence-corrected chi connectivity index (χ2v) is 6.59. The first-order valence-electron chi connectivity index (χ1n) is 7.87. The smallest absolute Gasteiger partial charge is 0.257 e. The maximum atomic E-state index is 12.7. The van der Waals surface area contributed by atoms with Gasteiger partial charge in [-0.05, 0) is 30.3 Å². The molecule has 1 heterocycles. The van der Waals surface area contributed by atoms with Crippen molar-refractivity contribution < 1.29 is 9.53 Å². The fraction of sp³-hybridized carbons (Fsp3) is 0.158. The second kappa shape index (κ2) is 7.81. The Labute approximate surface area is 161 Å². The number of hydrogen-bond donors (Lipinski definition) is 0. The molecule has 7 heteroatoms. The number of rotatable bonds is 5. The van der Waals surface area contributed by atoms with Crippen molar-refractivity contribution in [1.29, 1.82) is 0 Å². The highest BCUT2D eigenvalue weighted by molar-refractivity contribution is 6.32. The van der Waals surface area contributed by atoms with Crippen LogP contribution in [0.3, 0.4) is 0 Å². The first kappa shape index (κ1) is 18.3. The van der Waals surface area contributed by atoms with Gasteiger partial charge < -0.3 is 9.64 Å². The van der Waals surface area contributed by atoms with E-state index in [1.165, 1.54) is 6.20 Å². The molecule has 26 heavy (non-hydrogen) atoms. The molecule has 0 N–H and O–H groups in total. The van der Waals surface area contributed by atoms with E-state index in [4.69, 9.17) is 27.9 Å². The Kier molecular flexibility index (Phi) is 5.49. The number of para-hydroxylation sites is 1. The third-order valence-electron chi connectivity index (χ3n) is 3.93. The highest BCUT2D eigenvalue weighted by atomic mass is 35.5. The lowest BCUT2D eigenvalue weighted by Crippen LogP contribution is -2.26. The van der Waals surface area contributed by atoms with Gasteiger partial charge in [0, 0.05) is 30.4 Å². The first-order valence-corrected chi connectivity index (χ1v) is 8.62. The van der Waals surface area contributed by atoms with Crippen LogP contribution < -0.4 is 4.74 Å². The molecule has 0 fully saturated rings. The van der Waals surface area contributed by atoms with Gasteiger partial charge >= 0.3 is 0 Å². The molecule has 0 aliphatic carbocycles. The molecule has 134 valence electrons. The van der Waals surface area contributed by atoms with Gasteiger partial charge in [0.15, 0.2) is 0 Å².